The molecule has 1 aliphatic heterocycles. The highest BCUT2D eigenvalue weighted by atomic mass is 32.2. The van der Waals surface area contributed by atoms with E-state index in [0.29, 0.717) is 12.3 Å². The topological polar surface area (TPSA) is 74.8 Å². The number of aromatic amines is 1. The van der Waals surface area contributed by atoms with E-state index in [1.165, 1.54) is 0 Å². The van der Waals surface area contributed by atoms with Crippen LogP contribution in [0.5, 0.6) is 0 Å². The largest absolute Gasteiger partial charge is 0.309 e. The molecule has 0 radical (unpaired) electrons. The van der Waals surface area contributed by atoms with E-state index in [9.17, 15) is 8.42 Å². The van der Waals surface area contributed by atoms with Crippen molar-refractivity contribution < 1.29 is 8.42 Å². The molecule has 0 aromatic carbocycles. The molecule has 5 nitrogen and oxygen atoms in total. The third-order valence-electron chi connectivity index (χ3n) is 3.08. The first-order valence-corrected chi connectivity index (χ1v) is 7.24. The number of aryl methyl sites for hydroxylation is 2. The summed E-state index contributed by atoms with van der Waals surface area (Å²) in [5, 5.41) is 10.3. The molecule has 6 heteroatoms. The van der Waals surface area contributed by atoms with Gasteiger partial charge in [0.05, 0.1) is 17.2 Å². The van der Waals surface area contributed by atoms with Gasteiger partial charge in [-0.05, 0) is 20.3 Å². The zero-order chi connectivity index (χ0) is 11.8. The Balaban J connectivity index is 1.94. The fourth-order valence-electron chi connectivity index (χ4n) is 2.04. The van der Waals surface area contributed by atoms with Crippen molar-refractivity contribution in [2.45, 2.75) is 32.9 Å². The van der Waals surface area contributed by atoms with E-state index in [2.05, 4.69) is 15.5 Å². The van der Waals surface area contributed by atoms with E-state index in [1.54, 1.807) is 0 Å². The van der Waals surface area contributed by atoms with Gasteiger partial charge in [-0.15, -0.1) is 0 Å². The second-order valence-corrected chi connectivity index (χ2v) is 6.62. The fraction of sp³-hybridized carbons (Fsp3) is 0.700. The summed E-state index contributed by atoms with van der Waals surface area (Å²) < 4.78 is 22.6. The van der Waals surface area contributed by atoms with Crippen molar-refractivity contribution in [1.29, 1.82) is 0 Å². The van der Waals surface area contributed by atoms with Gasteiger partial charge >= 0.3 is 0 Å². The molecule has 0 spiro atoms. The van der Waals surface area contributed by atoms with Crippen molar-refractivity contribution in [2.75, 3.05) is 11.5 Å². The van der Waals surface area contributed by atoms with E-state index in [-0.39, 0.29) is 11.8 Å². The van der Waals surface area contributed by atoms with Gasteiger partial charge in [0.25, 0.3) is 0 Å². The molecule has 0 amide bonds. The quantitative estimate of drug-likeness (QED) is 0.801. The maximum absolute atomic E-state index is 11.3. The van der Waals surface area contributed by atoms with Crippen LogP contribution in [0.3, 0.4) is 0 Å². The second kappa shape index (κ2) is 4.18. The Bertz CT molecular complexity index is 459. The Morgan fingerprint density at radius 3 is 2.75 bits per heavy atom. The van der Waals surface area contributed by atoms with Crippen LogP contribution in [0.25, 0.3) is 0 Å². The number of nitrogens with one attached hydrogen (secondary N) is 2. The number of hydrogen-bond donors (Lipinski definition) is 2. The van der Waals surface area contributed by atoms with Gasteiger partial charge < -0.3 is 5.32 Å². The molecular formula is C10H17N3O2S. The highest BCUT2D eigenvalue weighted by molar-refractivity contribution is 7.91. The summed E-state index contributed by atoms with van der Waals surface area (Å²) in [6.07, 6.45) is 0.721. The molecule has 16 heavy (non-hydrogen) atoms. The lowest BCUT2D eigenvalue weighted by atomic mass is 10.2. The third kappa shape index (κ3) is 2.44. The van der Waals surface area contributed by atoms with Crippen LogP contribution in [-0.2, 0) is 16.4 Å². The number of H-pyrrole nitrogens is 1. The van der Waals surface area contributed by atoms with Crippen molar-refractivity contribution in [3.05, 3.63) is 17.0 Å². The second-order valence-electron chi connectivity index (χ2n) is 4.39. The van der Waals surface area contributed by atoms with E-state index in [1.807, 2.05) is 13.8 Å². The van der Waals surface area contributed by atoms with Crippen molar-refractivity contribution in [3.63, 3.8) is 0 Å². The summed E-state index contributed by atoms with van der Waals surface area (Å²) in [7, 11) is -2.79. The van der Waals surface area contributed by atoms with E-state index < -0.39 is 9.84 Å². The summed E-state index contributed by atoms with van der Waals surface area (Å²) in [5.74, 6) is 0.580. The lowest BCUT2D eigenvalue weighted by molar-refractivity contribution is 0.552. The van der Waals surface area contributed by atoms with Gasteiger partial charge in [-0.3, -0.25) is 5.10 Å². The van der Waals surface area contributed by atoms with Gasteiger partial charge in [0.1, 0.15) is 0 Å². The minimum atomic E-state index is -2.79. The van der Waals surface area contributed by atoms with E-state index >= 15 is 0 Å². The van der Waals surface area contributed by atoms with Crippen molar-refractivity contribution in [3.8, 4) is 0 Å². The predicted octanol–water partition coefficient (Wildman–Crippen LogP) is 0.303. The number of sulfone groups is 1. The van der Waals surface area contributed by atoms with Crippen LogP contribution in [0.1, 0.15) is 23.4 Å². The molecule has 1 aromatic rings. The molecule has 1 fully saturated rings. The van der Waals surface area contributed by atoms with E-state index in [0.717, 1.165) is 23.4 Å². The number of hydrogen-bond acceptors (Lipinski definition) is 4. The van der Waals surface area contributed by atoms with Crippen LogP contribution in [-0.4, -0.2) is 36.2 Å². The molecule has 1 saturated heterocycles. The van der Waals surface area contributed by atoms with Crippen LogP contribution in [0.15, 0.2) is 0 Å². The molecule has 0 bridgehead atoms. The fourth-order valence-corrected chi connectivity index (χ4v) is 3.74. The Labute approximate surface area is 95.6 Å². The van der Waals surface area contributed by atoms with Gasteiger partial charge in [-0.1, -0.05) is 0 Å². The molecular weight excluding hydrogens is 226 g/mol. The lowest BCUT2D eigenvalue weighted by Gasteiger charge is -2.10. The van der Waals surface area contributed by atoms with Crippen LogP contribution < -0.4 is 5.32 Å². The zero-order valence-corrected chi connectivity index (χ0v) is 10.4. The Morgan fingerprint density at radius 2 is 2.25 bits per heavy atom. The monoisotopic (exact) mass is 243 g/mol. The SMILES string of the molecule is Cc1n[nH]c(C)c1CNC1CCS(=O)(=O)C1. The molecule has 90 valence electrons. The first-order chi connectivity index (χ1) is 7.48. The number of aromatic nitrogens is 2. The molecule has 0 aliphatic carbocycles. The van der Waals surface area contributed by atoms with Crippen LogP contribution in [0.4, 0.5) is 0 Å². The summed E-state index contributed by atoms with van der Waals surface area (Å²) >= 11 is 0. The average Bonchev–Trinajstić information content (AvgIpc) is 2.69. The third-order valence-corrected chi connectivity index (χ3v) is 4.85. The highest BCUT2D eigenvalue weighted by Gasteiger charge is 2.27. The zero-order valence-electron chi connectivity index (χ0n) is 9.58. The molecule has 1 aliphatic rings. The highest BCUT2D eigenvalue weighted by Crippen LogP contribution is 2.14. The standard InChI is InChI=1S/C10H17N3O2S/c1-7-10(8(2)13-12-7)5-11-9-3-4-16(14,15)6-9/h9,11H,3-6H2,1-2H3,(H,12,13). The summed E-state index contributed by atoms with van der Waals surface area (Å²) in [5.41, 5.74) is 3.17. The van der Waals surface area contributed by atoms with Gasteiger partial charge in [-0.25, -0.2) is 8.42 Å². The summed E-state index contributed by atoms with van der Waals surface area (Å²) in [6, 6.07) is 0.0960. The number of nitrogens with zero attached hydrogens (tertiary/aromatic N) is 1. The lowest BCUT2D eigenvalue weighted by Crippen LogP contribution is -2.29. The van der Waals surface area contributed by atoms with Gasteiger partial charge in [-0.2, -0.15) is 5.10 Å². The summed E-state index contributed by atoms with van der Waals surface area (Å²) in [4.78, 5) is 0. The normalized spacial score (nSPS) is 23.8. The van der Waals surface area contributed by atoms with Gasteiger partial charge in [0.2, 0.25) is 0 Å². The first-order valence-electron chi connectivity index (χ1n) is 5.42. The van der Waals surface area contributed by atoms with Crippen molar-refractivity contribution >= 4 is 9.84 Å². The predicted molar refractivity (Wildman–Crippen MR) is 62.0 cm³/mol. The van der Waals surface area contributed by atoms with Crippen molar-refractivity contribution in [1.82, 2.24) is 15.5 Å². The molecule has 1 atom stereocenters. The van der Waals surface area contributed by atoms with E-state index in [4.69, 9.17) is 0 Å². The maximum Gasteiger partial charge on any atom is 0.151 e. The molecule has 2 heterocycles. The molecule has 0 saturated carbocycles. The Hall–Kier alpha value is -0.880. The molecule has 2 N–H and O–H groups in total. The average molecular weight is 243 g/mol. The molecule has 2 rings (SSSR count). The Morgan fingerprint density at radius 1 is 1.50 bits per heavy atom. The first kappa shape index (κ1) is 11.6. The van der Waals surface area contributed by atoms with Crippen LogP contribution in [0, 0.1) is 13.8 Å². The van der Waals surface area contributed by atoms with Gasteiger partial charge in [0.15, 0.2) is 9.84 Å². The number of rotatable bonds is 3. The van der Waals surface area contributed by atoms with Gasteiger partial charge in [0, 0.05) is 23.8 Å². The van der Waals surface area contributed by atoms with Crippen molar-refractivity contribution in [2.24, 2.45) is 0 Å². The molecule has 1 unspecified atom stereocenters. The minimum Gasteiger partial charge on any atom is -0.309 e. The Kier molecular flexibility index (Phi) is 3.03. The minimum absolute atomic E-state index is 0.0960. The summed E-state index contributed by atoms with van der Waals surface area (Å²) in [6.45, 7) is 4.61. The smallest absolute Gasteiger partial charge is 0.151 e. The molecule has 1 aromatic heterocycles. The maximum atomic E-state index is 11.3. The van der Waals surface area contributed by atoms with Crippen LogP contribution in [0.2, 0.25) is 0 Å². The van der Waals surface area contributed by atoms with Crippen LogP contribution >= 0.6 is 0 Å².